The maximum Gasteiger partial charge on any atom is 0.243 e. The van der Waals surface area contributed by atoms with Crippen molar-refractivity contribution in [3.63, 3.8) is 0 Å². The number of fused-ring (bicyclic) bond motifs is 1. The fourth-order valence-corrected chi connectivity index (χ4v) is 4.33. The lowest BCUT2D eigenvalue weighted by Crippen LogP contribution is -2.25. The molecule has 0 aliphatic carbocycles. The van der Waals surface area contributed by atoms with Crippen LogP contribution in [0.5, 0.6) is 0 Å². The van der Waals surface area contributed by atoms with Gasteiger partial charge in [-0.3, -0.25) is 0 Å². The van der Waals surface area contributed by atoms with Crippen LogP contribution >= 0.6 is 0 Å². The number of sulfonamides is 2. The fraction of sp³-hybridized carbons (Fsp3) is 0.143. The molecular weight excluding hydrogens is 324 g/mol. The van der Waals surface area contributed by atoms with E-state index in [1.165, 1.54) is 28.6 Å². The number of hydrogen-bond donors (Lipinski definition) is 1. The summed E-state index contributed by atoms with van der Waals surface area (Å²) >= 11 is 0. The summed E-state index contributed by atoms with van der Waals surface area (Å²) in [5.41, 5.74) is 1.96. The van der Waals surface area contributed by atoms with E-state index < -0.39 is 20.0 Å². The number of nitrogens with two attached hydrogens (primary N) is 1. The first kappa shape index (κ1) is 15.2. The second-order valence-corrected chi connectivity index (χ2v) is 8.56. The Labute approximate surface area is 129 Å². The molecular formula is C14H14N2O4S2. The van der Waals surface area contributed by atoms with Gasteiger partial charge in [0.1, 0.15) is 0 Å². The second kappa shape index (κ2) is 5.17. The van der Waals surface area contributed by atoms with Gasteiger partial charge in [-0.2, -0.15) is 4.31 Å². The zero-order valence-corrected chi connectivity index (χ0v) is 13.1. The van der Waals surface area contributed by atoms with Crippen molar-refractivity contribution in [2.75, 3.05) is 0 Å². The molecule has 0 atom stereocenters. The molecule has 3 rings (SSSR count). The normalized spacial score (nSPS) is 15.7. The standard InChI is InChI=1S/C14H14N2O4S2/c15-21(17,18)13-5-7-14(8-6-13)22(19,20)16-9-11-3-1-2-4-12(11)10-16/h1-8H,9-10H2,(H2,15,17,18). The summed E-state index contributed by atoms with van der Waals surface area (Å²) in [6, 6.07) is 12.5. The zero-order chi connectivity index (χ0) is 16.0. The minimum atomic E-state index is -3.84. The van der Waals surface area contributed by atoms with E-state index in [9.17, 15) is 16.8 Å². The molecule has 1 aliphatic rings. The van der Waals surface area contributed by atoms with Crippen LogP contribution in [-0.4, -0.2) is 21.1 Å². The van der Waals surface area contributed by atoms with Crippen LogP contribution < -0.4 is 5.14 Å². The molecule has 0 saturated heterocycles. The van der Waals surface area contributed by atoms with E-state index in [4.69, 9.17) is 5.14 Å². The van der Waals surface area contributed by atoms with Crippen molar-refractivity contribution in [2.24, 2.45) is 5.14 Å². The smallest absolute Gasteiger partial charge is 0.225 e. The Hall–Kier alpha value is -1.74. The van der Waals surface area contributed by atoms with Crippen molar-refractivity contribution in [1.82, 2.24) is 4.31 Å². The molecule has 0 amide bonds. The number of nitrogens with zero attached hydrogens (tertiary/aromatic N) is 1. The summed E-state index contributed by atoms with van der Waals surface area (Å²) in [6.45, 7) is 0.630. The molecule has 6 nitrogen and oxygen atoms in total. The van der Waals surface area contributed by atoms with Gasteiger partial charge in [0, 0.05) is 13.1 Å². The molecule has 0 bridgehead atoms. The maximum absolute atomic E-state index is 12.6. The lowest BCUT2D eigenvalue weighted by atomic mass is 10.1. The van der Waals surface area contributed by atoms with Gasteiger partial charge in [0.05, 0.1) is 9.79 Å². The highest BCUT2D eigenvalue weighted by Crippen LogP contribution is 2.28. The van der Waals surface area contributed by atoms with Crippen molar-refractivity contribution in [1.29, 1.82) is 0 Å². The first-order valence-electron chi connectivity index (χ1n) is 6.48. The molecule has 0 fully saturated rings. The van der Waals surface area contributed by atoms with E-state index in [1.54, 1.807) is 0 Å². The maximum atomic E-state index is 12.6. The lowest BCUT2D eigenvalue weighted by Gasteiger charge is -2.15. The number of primary sulfonamides is 1. The van der Waals surface area contributed by atoms with Crippen LogP contribution in [0.2, 0.25) is 0 Å². The van der Waals surface area contributed by atoms with Gasteiger partial charge in [-0.05, 0) is 35.4 Å². The van der Waals surface area contributed by atoms with Gasteiger partial charge < -0.3 is 0 Å². The highest BCUT2D eigenvalue weighted by atomic mass is 32.2. The lowest BCUT2D eigenvalue weighted by molar-refractivity contribution is 0.431. The Bertz CT molecular complexity index is 895. The summed E-state index contributed by atoms with van der Waals surface area (Å²) < 4.78 is 49.0. The van der Waals surface area contributed by atoms with Crippen LogP contribution in [0.15, 0.2) is 58.3 Å². The third-order valence-electron chi connectivity index (χ3n) is 3.60. The van der Waals surface area contributed by atoms with E-state index in [-0.39, 0.29) is 9.79 Å². The molecule has 1 aliphatic heterocycles. The minimum Gasteiger partial charge on any atom is -0.225 e. The minimum absolute atomic E-state index is 0.0488. The molecule has 2 aromatic rings. The van der Waals surface area contributed by atoms with Gasteiger partial charge in [0.15, 0.2) is 0 Å². The van der Waals surface area contributed by atoms with Crippen LogP contribution in [0.1, 0.15) is 11.1 Å². The molecule has 0 unspecified atom stereocenters. The van der Waals surface area contributed by atoms with Gasteiger partial charge in [0.25, 0.3) is 0 Å². The van der Waals surface area contributed by atoms with Crippen molar-refractivity contribution < 1.29 is 16.8 Å². The van der Waals surface area contributed by atoms with Crippen LogP contribution in [0.3, 0.4) is 0 Å². The van der Waals surface area contributed by atoms with E-state index in [0.717, 1.165) is 11.1 Å². The van der Waals surface area contributed by atoms with E-state index in [2.05, 4.69) is 0 Å². The molecule has 1 heterocycles. The van der Waals surface area contributed by atoms with E-state index in [0.29, 0.717) is 13.1 Å². The van der Waals surface area contributed by atoms with Crippen molar-refractivity contribution in [2.45, 2.75) is 22.9 Å². The molecule has 8 heteroatoms. The van der Waals surface area contributed by atoms with Crippen LogP contribution in [0.4, 0.5) is 0 Å². The summed E-state index contributed by atoms with van der Waals surface area (Å²) in [7, 11) is -7.51. The van der Waals surface area contributed by atoms with Crippen LogP contribution in [0, 0.1) is 0 Å². The molecule has 22 heavy (non-hydrogen) atoms. The van der Waals surface area contributed by atoms with Crippen LogP contribution in [0.25, 0.3) is 0 Å². The average Bonchev–Trinajstić information content (AvgIpc) is 2.91. The predicted molar refractivity (Wildman–Crippen MR) is 80.7 cm³/mol. The molecule has 0 spiro atoms. The largest absolute Gasteiger partial charge is 0.243 e. The number of benzene rings is 2. The Balaban J connectivity index is 1.92. The summed E-state index contributed by atoms with van der Waals surface area (Å²) in [5.74, 6) is 0. The molecule has 0 radical (unpaired) electrons. The monoisotopic (exact) mass is 338 g/mol. The van der Waals surface area contributed by atoms with Gasteiger partial charge in [-0.15, -0.1) is 0 Å². The van der Waals surface area contributed by atoms with Gasteiger partial charge in [-0.25, -0.2) is 22.0 Å². The summed E-state index contributed by atoms with van der Waals surface area (Å²) in [6.07, 6.45) is 0. The van der Waals surface area contributed by atoms with E-state index >= 15 is 0 Å². The Morgan fingerprint density at radius 3 is 1.68 bits per heavy atom. The molecule has 116 valence electrons. The Kier molecular flexibility index (Phi) is 3.56. The first-order valence-corrected chi connectivity index (χ1v) is 9.47. The Morgan fingerprint density at radius 2 is 1.23 bits per heavy atom. The highest BCUT2D eigenvalue weighted by molar-refractivity contribution is 7.89. The van der Waals surface area contributed by atoms with Crippen molar-refractivity contribution in [3.05, 3.63) is 59.7 Å². The fourth-order valence-electron chi connectivity index (χ4n) is 2.42. The molecule has 0 aromatic heterocycles. The molecule has 2 N–H and O–H groups in total. The number of rotatable bonds is 3. The third kappa shape index (κ3) is 2.66. The van der Waals surface area contributed by atoms with Gasteiger partial charge in [0.2, 0.25) is 20.0 Å². The average molecular weight is 338 g/mol. The highest BCUT2D eigenvalue weighted by Gasteiger charge is 2.30. The van der Waals surface area contributed by atoms with Crippen molar-refractivity contribution in [3.8, 4) is 0 Å². The van der Waals surface area contributed by atoms with Gasteiger partial charge in [-0.1, -0.05) is 24.3 Å². The zero-order valence-electron chi connectivity index (χ0n) is 11.5. The summed E-state index contributed by atoms with van der Waals surface area (Å²) in [4.78, 5) is -0.0659. The Morgan fingerprint density at radius 1 is 0.773 bits per heavy atom. The third-order valence-corrected chi connectivity index (χ3v) is 6.34. The van der Waals surface area contributed by atoms with Crippen LogP contribution in [-0.2, 0) is 33.1 Å². The SMILES string of the molecule is NS(=O)(=O)c1ccc(S(=O)(=O)N2Cc3ccccc3C2)cc1. The second-order valence-electron chi connectivity index (χ2n) is 5.06. The molecule has 0 saturated carbocycles. The van der Waals surface area contributed by atoms with Gasteiger partial charge >= 0.3 is 0 Å². The quantitative estimate of drug-likeness (QED) is 0.904. The summed E-state index contributed by atoms with van der Waals surface area (Å²) in [5, 5.41) is 5.01. The number of hydrogen-bond acceptors (Lipinski definition) is 4. The van der Waals surface area contributed by atoms with Crippen molar-refractivity contribution >= 4 is 20.0 Å². The molecule has 2 aromatic carbocycles. The van der Waals surface area contributed by atoms with E-state index in [1.807, 2.05) is 24.3 Å². The first-order chi connectivity index (χ1) is 10.3. The predicted octanol–water partition coefficient (Wildman–Crippen LogP) is 1.04. The topological polar surface area (TPSA) is 97.5 Å².